The molecule has 1 fully saturated rings. The number of alkyl halides is 1. The summed E-state index contributed by atoms with van der Waals surface area (Å²) in [5, 5.41) is 2.78. The number of hydrogen-bond acceptors (Lipinski definition) is 5. The van der Waals surface area contributed by atoms with E-state index in [2.05, 4.69) is 25.9 Å². The summed E-state index contributed by atoms with van der Waals surface area (Å²) < 4.78 is 25.6. The van der Waals surface area contributed by atoms with Crippen molar-refractivity contribution >= 4 is 33.2 Å². The molecule has 7 heteroatoms. The molecule has 20 heavy (non-hydrogen) atoms. The van der Waals surface area contributed by atoms with Crippen LogP contribution in [-0.2, 0) is 15.0 Å². The molecule has 4 atom stereocenters. The lowest BCUT2D eigenvalue weighted by molar-refractivity contribution is -0.101. The van der Waals surface area contributed by atoms with E-state index in [-0.39, 0.29) is 12.0 Å². The Balaban J connectivity index is 2.09. The van der Waals surface area contributed by atoms with Crippen molar-refractivity contribution in [2.45, 2.75) is 38.0 Å². The minimum absolute atomic E-state index is 0.0435. The maximum absolute atomic E-state index is 13.4. The second kappa shape index (κ2) is 5.35. The molecule has 2 aliphatic rings. The summed E-state index contributed by atoms with van der Waals surface area (Å²) in [6, 6.07) is 0. The van der Waals surface area contributed by atoms with Crippen molar-refractivity contribution in [2.24, 2.45) is 10.9 Å². The number of fused-ring (bicyclic) bond motifs is 1. The Bertz CT molecular complexity index is 538. The zero-order valence-corrected chi connectivity index (χ0v) is 13.7. The Hall–Kier alpha value is -0.530. The second-order valence-electron chi connectivity index (χ2n) is 5.30. The third-order valence-corrected chi connectivity index (χ3v) is 5.63. The maximum atomic E-state index is 13.4. The first-order valence-electron chi connectivity index (χ1n) is 6.57. The number of ether oxygens (including phenoxy) is 2. The van der Waals surface area contributed by atoms with Gasteiger partial charge >= 0.3 is 0 Å². The molecule has 0 saturated carbocycles. The van der Waals surface area contributed by atoms with Crippen molar-refractivity contribution in [1.82, 2.24) is 4.98 Å². The van der Waals surface area contributed by atoms with E-state index in [4.69, 9.17) is 9.47 Å². The van der Waals surface area contributed by atoms with Crippen LogP contribution in [0.4, 0.5) is 4.39 Å². The number of aliphatic imine (C=N–C) groups is 1. The van der Waals surface area contributed by atoms with E-state index in [0.29, 0.717) is 12.5 Å². The molecule has 3 heterocycles. The molecule has 1 aromatic heterocycles. The van der Waals surface area contributed by atoms with Crippen molar-refractivity contribution in [1.29, 1.82) is 0 Å². The average molecular weight is 363 g/mol. The molecule has 0 radical (unpaired) electrons. The van der Waals surface area contributed by atoms with Crippen molar-refractivity contribution in [3.8, 4) is 0 Å². The zero-order chi connectivity index (χ0) is 14.3. The van der Waals surface area contributed by atoms with Crippen molar-refractivity contribution in [2.75, 3.05) is 13.3 Å². The van der Waals surface area contributed by atoms with E-state index in [9.17, 15) is 4.39 Å². The number of nitrogens with zero attached hydrogens (tertiary/aromatic N) is 2. The fraction of sp³-hybridized carbons (Fsp3) is 0.692. The van der Waals surface area contributed by atoms with Crippen LogP contribution in [0.15, 0.2) is 15.0 Å². The summed E-state index contributed by atoms with van der Waals surface area (Å²) in [7, 11) is 0. The highest BCUT2D eigenvalue weighted by Crippen LogP contribution is 2.47. The SMILES string of the molecule is CC1=N[C@@]2(c3nc(Br)cs3)CO[C@@H](C)C[C@H]2[C@@H](CF)O1. The van der Waals surface area contributed by atoms with Gasteiger partial charge in [0.25, 0.3) is 0 Å². The van der Waals surface area contributed by atoms with Gasteiger partial charge in [-0.2, -0.15) is 0 Å². The first-order valence-corrected chi connectivity index (χ1v) is 8.24. The average Bonchev–Trinajstić information content (AvgIpc) is 2.85. The quantitative estimate of drug-likeness (QED) is 0.810. The molecule has 0 amide bonds. The van der Waals surface area contributed by atoms with Crippen LogP contribution in [-0.4, -0.2) is 36.4 Å². The summed E-state index contributed by atoms with van der Waals surface area (Å²) in [5.74, 6) is 0.464. The summed E-state index contributed by atoms with van der Waals surface area (Å²) in [5.41, 5.74) is -0.609. The molecule has 0 N–H and O–H groups in total. The highest BCUT2D eigenvalue weighted by atomic mass is 79.9. The maximum Gasteiger partial charge on any atom is 0.181 e. The van der Waals surface area contributed by atoms with Crippen molar-refractivity contribution < 1.29 is 13.9 Å². The van der Waals surface area contributed by atoms with E-state index < -0.39 is 18.3 Å². The molecule has 0 aromatic carbocycles. The summed E-state index contributed by atoms with van der Waals surface area (Å²) in [4.78, 5) is 9.19. The Morgan fingerprint density at radius 1 is 1.60 bits per heavy atom. The smallest absolute Gasteiger partial charge is 0.181 e. The fourth-order valence-corrected chi connectivity index (χ4v) is 4.49. The van der Waals surface area contributed by atoms with Crippen LogP contribution in [0.5, 0.6) is 0 Å². The number of halogens is 2. The molecule has 1 aromatic rings. The minimum atomic E-state index is -0.609. The van der Waals surface area contributed by atoms with Gasteiger partial charge in [-0.3, -0.25) is 0 Å². The lowest BCUT2D eigenvalue weighted by atomic mass is 9.75. The number of rotatable bonds is 2. The van der Waals surface area contributed by atoms with E-state index in [1.165, 1.54) is 11.3 Å². The van der Waals surface area contributed by atoms with Crippen LogP contribution in [0.3, 0.4) is 0 Å². The van der Waals surface area contributed by atoms with Gasteiger partial charge in [-0.15, -0.1) is 11.3 Å². The van der Waals surface area contributed by atoms with Gasteiger partial charge in [-0.25, -0.2) is 14.4 Å². The molecule has 1 saturated heterocycles. The van der Waals surface area contributed by atoms with Gasteiger partial charge in [0.2, 0.25) is 0 Å². The van der Waals surface area contributed by atoms with Gasteiger partial charge in [-0.05, 0) is 29.3 Å². The molecule has 2 aliphatic heterocycles. The normalized spacial score (nSPS) is 37.0. The Labute approximate surface area is 129 Å². The van der Waals surface area contributed by atoms with Gasteiger partial charge in [0, 0.05) is 18.2 Å². The molecule has 0 aliphatic carbocycles. The molecule has 4 nitrogen and oxygen atoms in total. The van der Waals surface area contributed by atoms with Crippen LogP contribution < -0.4 is 0 Å². The molecule has 110 valence electrons. The molecule has 0 unspecified atom stereocenters. The zero-order valence-electron chi connectivity index (χ0n) is 11.3. The lowest BCUT2D eigenvalue weighted by Crippen LogP contribution is -2.54. The van der Waals surface area contributed by atoms with E-state index in [0.717, 1.165) is 16.0 Å². The van der Waals surface area contributed by atoms with Gasteiger partial charge in [0.05, 0.1) is 12.7 Å². The summed E-state index contributed by atoms with van der Waals surface area (Å²) in [6.45, 7) is 3.68. The van der Waals surface area contributed by atoms with Crippen molar-refractivity contribution in [3.63, 3.8) is 0 Å². The fourth-order valence-electron chi connectivity index (χ4n) is 3.04. The van der Waals surface area contributed by atoms with E-state index >= 15 is 0 Å². The first kappa shape index (κ1) is 14.4. The second-order valence-corrected chi connectivity index (χ2v) is 6.98. The first-order chi connectivity index (χ1) is 9.55. The van der Waals surface area contributed by atoms with Crippen LogP contribution in [0.25, 0.3) is 0 Å². The number of aromatic nitrogens is 1. The van der Waals surface area contributed by atoms with Gasteiger partial charge in [-0.1, -0.05) is 0 Å². The highest BCUT2D eigenvalue weighted by molar-refractivity contribution is 9.10. The summed E-state index contributed by atoms with van der Waals surface area (Å²) in [6.07, 6.45) is 0.340. The Morgan fingerprint density at radius 3 is 3.05 bits per heavy atom. The standard InChI is InChI=1S/C13H16BrFN2O2S/c1-7-3-9-10(4-15)19-8(2)17-13(9,6-18-7)12-16-11(14)5-20-12/h5,7,9-10H,3-4,6H2,1-2H3/t7-,9-,10+,13-/m0/s1. The van der Waals surface area contributed by atoms with Gasteiger partial charge in [0.1, 0.15) is 27.9 Å². The molecular formula is C13H16BrFN2O2S. The molecule has 3 rings (SSSR count). The van der Waals surface area contributed by atoms with Crippen molar-refractivity contribution in [3.05, 3.63) is 15.0 Å². The topological polar surface area (TPSA) is 43.7 Å². The van der Waals surface area contributed by atoms with Crippen LogP contribution >= 0.6 is 27.3 Å². The van der Waals surface area contributed by atoms with Gasteiger partial charge < -0.3 is 9.47 Å². The molecule has 0 bridgehead atoms. The minimum Gasteiger partial charge on any atom is -0.475 e. The number of thiazole rings is 1. The third kappa shape index (κ3) is 2.29. The molecular weight excluding hydrogens is 347 g/mol. The summed E-state index contributed by atoms with van der Waals surface area (Å²) >= 11 is 4.90. The third-order valence-electron chi connectivity index (χ3n) is 3.91. The largest absolute Gasteiger partial charge is 0.475 e. The van der Waals surface area contributed by atoms with Crippen LogP contribution in [0.2, 0.25) is 0 Å². The van der Waals surface area contributed by atoms with Crippen LogP contribution in [0, 0.1) is 5.92 Å². The van der Waals surface area contributed by atoms with E-state index in [1.807, 2.05) is 12.3 Å². The Kier molecular flexibility index (Phi) is 3.85. The molecule has 0 spiro atoms. The van der Waals surface area contributed by atoms with Gasteiger partial charge in [0.15, 0.2) is 5.90 Å². The Morgan fingerprint density at radius 2 is 2.40 bits per heavy atom. The monoisotopic (exact) mass is 362 g/mol. The highest BCUT2D eigenvalue weighted by Gasteiger charge is 2.53. The number of hydrogen-bond donors (Lipinski definition) is 0. The van der Waals surface area contributed by atoms with E-state index in [1.54, 1.807) is 6.92 Å². The predicted molar refractivity (Wildman–Crippen MR) is 79.0 cm³/mol. The lowest BCUT2D eigenvalue weighted by Gasteiger charge is -2.47. The predicted octanol–water partition coefficient (Wildman–Crippen LogP) is 3.31. The van der Waals surface area contributed by atoms with Crippen LogP contribution in [0.1, 0.15) is 25.3 Å².